The lowest BCUT2D eigenvalue weighted by atomic mass is 9.75. The number of hydrogen-bond donors (Lipinski definition) is 3. The quantitative estimate of drug-likeness (QED) is 0.581. The summed E-state index contributed by atoms with van der Waals surface area (Å²) >= 11 is 0. The lowest BCUT2D eigenvalue weighted by Crippen LogP contribution is -2.51. The summed E-state index contributed by atoms with van der Waals surface area (Å²) in [6.45, 7) is 1.76. The molecule has 2 amide bonds. The molecule has 5 heteroatoms. The van der Waals surface area contributed by atoms with Gasteiger partial charge in [0.25, 0.3) is 0 Å². The van der Waals surface area contributed by atoms with E-state index in [-0.39, 0.29) is 23.9 Å². The van der Waals surface area contributed by atoms with Crippen LogP contribution in [0.5, 0.6) is 0 Å². The molecule has 0 radical (unpaired) electrons. The first-order chi connectivity index (χ1) is 6.91. The first kappa shape index (κ1) is 12.0. The number of carbonyl (C=O) groups is 2. The van der Waals surface area contributed by atoms with Gasteiger partial charge in [0, 0.05) is 24.4 Å². The van der Waals surface area contributed by atoms with Crippen LogP contribution in [0.25, 0.3) is 0 Å². The molecule has 0 saturated heterocycles. The van der Waals surface area contributed by atoms with Gasteiger partial charge >= 0.3 is 0 Å². The van der Waals surface area contributed by atoms with Crippen molar-refractivity contribution >= 4 is 11.8 Å². The third-order valence-corrected chi connectivity index (χ3v) is 2.78. The van der Waals surface area contributed by atoms with Crippen molar-refractivity contribution in [2.24, 2.45) is 11.5 Å². The van der Waals surface area contributed by atoms with Gasteiger partial charge in [0.05, 0.1) is 0 Å². The molecule has 1 saturated carbocycles. The van der Waals surface area contributed by atoms with E-state index in [1.807, 2.05) is 0 Å². The van der Waals surface area contributed by atoms with Gasteiger partial charge in [-0.05, 0) is 26.2 Å². The van der Waals surface area contributed by atoms with Crippen molar-refractivity contribution in [3.63, 3.8) is 0 Å². The van der Waals surface area contributed by atoms with E-state index in [9.17, 15) is 9.59 Å². The van der Waals surface area contributed by atoms with Gasteiger partial charge in [0.2, 0.25) is 11.8 Å². The second kappa shape index (κ2) is 4.61. The minimum atomic E-state index is -0.408. The Kier molecular flexibility index (Phi) is 3.68. The molecule has 0 aromatic rings. The van der Waals surface area contributed by atoms with Crippen molar-refractivity contribution < 1.29 is 9.59 Å². The predicted octanol–water partition coefficient (Wildman–Crippen LogP) is -0.362. The molecule has 1 atom stereocenters. The Morgan fingerprint density at radius 1 is 1.47 bits per heavy atom. The molecule has 1 fully saturated rings. The Bertz CT molecular complexity index is 261. The fraction of sp³-hybridized carbons (Fsp3) is 0.800. The Balaban J connectivity index is 2.26. The SMILES string of the molecule is CC(CC(N)=O)NC(=O)CC1(N)CCC1. The Morgan fingerprint density at radius 3 is 2.47 bits per heavy atom. The maximum atomic E-state index is 11.5. The van der Waals surface area contributed by atoms with Gasteiger partial charge < -0.3 is 16.8 Å². The van der Waals surface area contributed by atoms with Crippen LogP contribution in [0.4, 0.5) is 0 Å². The van der Waals surface area contributed by atoms with Crippen molar-refractivity contribution in [2.75, 3.05) is 0 Å². The Morgan fingerprint density at radius 2 is 2.07 bits per heavy atom. The average Bonchev–Trinajstić information content (AvgIpc) is 1.98. The standard InChI is InChI=1S/C10H19N3O2/c1-7(5-8(11)14)13-9(15)6-10(12)3-2-4-10/h7H,2-6,12H2,1H3,(H2,11,14)(H,13,15). The van der Waals surface area contributed by atoms with E-state index in [1.54, 1.807) is 6.92 Å². The molecule has 15 heavy (non-hydrogen) atoms. The van der Waals surface area contributed by atoms with E-state index in [0.29, 0.717) is 6.42 Å². The molecule has 0 bridgehead atoms. The highest BCUT2D eigenvalue weighted by atomic mass is 16.2. The maximum Gasteiger partial charge on any atom is 0.222 e. The van der Waals surface area contributed by atoms with Gasteiger partial charge in [-0.1, -0.05) is 0 Å². The van der Waals surface area contributed by atoms with Crippen molar-refractivity contribution in [3.05, 3.63) is 0 Å². The third kappa shape index (κ3) is 3.87. The fourth-order valence-electron chi connectivity index (χ4n) is 1.81. The van der Waals surface area contributed by atoms with Crippen LogP contribution in [0.3, 0.4) is 0 Å². The van der Waals surface area contributed by atoms with Crippen molar-refractivity contribution in [3.8, 4) is 0 Å². The predicted molar refractivity (Wildman–Crippen MR) is 56.8 cm³/mol. The number of primary amides is 1. The number of rotatable bonds is 5. The normalized spacial score (nSPS) is 20.1. The molecule has 86 valence electrons. The molecule has 0 spiro atoms. The number of hydrogen-bond acceptors (Lipinski definition) is 3. The van der Waals surface area contributed by atoms with E-state index in [4.69, 9.17) is 11.5 Å². The van der Waals surface area contributed by atoms with Crippen LogP contribution >= 0.6 is 0 Å². The Hall–Kier alpha value is -1.10. The van der Waals surface area contributed by atoms with Gasteiger partial charge in [-0.3, -0.25) is 9.59 Å². The van der Waals surface area contributed by atoms with E-state index in [1.165, 1.54) is 0 Å². The largest absolute Gasteiger partial charge is 0.370 e. The van der Waals surface area contributed by atoms with Crippen LogP contribution in [0.15, 0.2) is 0 Å². The highest BCUT2D eigenvalue weighted by Gasteiger charge is 2.34. The van der Waals surface area contributed by atoms with Crippen molar-refractivity contribution in [1.29, 1.82) is 0 Å². The second-order valence-corrected chi connectivity index (χ2v) is 4.53. The van der Waals surface area contributed by atoms with Gasteiger partial charge in [-0.15, -0.1) is 0 Å². The average molecular weight is 213 g/mol. The summed E-state index contributed by atoms with van der Waals surface area (Å²) in [5.41, 5.74) is 10.6. The fourth-order valence-corrected chi connectivity index (χ4v) is 1.81. The molecule has 1 rings (SSSR count). The molecule has 0 heterocycles. The lowest BCUT2D eigenvalue weighted by Gasteiger charge is -2.37. The van der Waals surface area contributed by atoms with Crippen molar-refractivity contribution in [2.45, 2.75) is 50.6 Å². The number of amides is 2. The summed E-state index contributed by atoms with van der Waals surface area (Å²) in [6, 6.07) is -0.210. The molecule has 0 aliphatic heterocycles. The summed E-state index contributed by atoms with van der Waals surface area (Å²) in [5, 5.41) is 2.72. The van der Waals surface area contributed by atoms with E-state index in [2.05, 4.69) is 5.32 Å². The highest BCUT2D eigenvalue weighted by molar-refractivity contribution is 5.79. The second-order valence-electron chi connectivity index (χ2n) is 4.53. The summed E-state index contributed by atoms with van der Waals surface area (Å²) < 4.78 is 0. The number of nitrogens with two attached hydrogens (primary N) is 2. The first-order valence-corrected chi connectivity index (χ1v) is 5.28. The van der Waals surface area contributed by atoms with Crippen LogP contribution in [0, 0.1) is 0 Å². The minimum Gasteiger partial charge on any atom is -0.370 e. The molecule has 5 nitrogen and oxygen atoms in total. The molecule has 1 aliphatic carbocycles. The molecular weight excluding hydrogens is 194 g/mol. The first-order valence-electron chi connectivity index (χ1n) is 5.28. The van der Waals surface area contributed by atoms with Gasteiger partial charge in [-0.25, -0.2) is 0 Å². The van der Waals surface area contributed by atoms with Crippen LogP contribution in [-0.4, -0.2) is 23.4 Å². The van der Waals surface area contributed by atoms with Crippen molar-refractivity contribution in [1.82, 2.24) is 5.32 Å². The van der Waals surface area contributed by atoms with Crippen LogP contribution < -0.4 is 16.8 Å². The molecule has 0 aromatic heterocycles. The molecule has 5 N–H and O–H groups in total. The summed E-state index contributed by atoms with van der Waals surface area (Å²) in [5.74, 6) is -0.500. The number of carbonyl (C=O) groups excluding carboxylic acids is 2. The summed E-state index contributed by atoms with van der Waals surface area (Å²) in [4.78, 5) is 22.1. The van der Waals surface area contributed by atoms with E-state index >= 15 is 0 Å². The van der Waals surface area contributed by atoms with Gasteiger partial charge in [0.15, 0.2) is 0 Å². The molecular formula is C10H19N3O2. The number of nitrogens with one attached hydrogen (secondary N) is 1. The molecule has 0 aromatic carbocycles. The summed E-state index contributed by atoms with van der Waals surface area (Å²) in [7, 11) is 0. The van der Waals surface area contributed by atoms with Gasteiger partial charge in [-0.2, -0.15) is 0 Å². The van der Waals surface area contributed by atoms with E-state index < -0.39 is 5.91 Å². The zero-order valence-electron chi connectivity index (χ0n) is 9.08. The zero-order valence-corrected chi connectivity index (χ0v) is 9.08. The molecule has 1 aliphatic rings. The Labute approximate surface area is 89.6 Å². The van der Waals surface area contributed by atoms with E-state index in [0.717, 1.165) is 19.3 Å². The molecule has 1 unspecified atom stereocenters. The van der Waals surface area contributed by atoms with Crippen LogP contribution in [0.1, 0.15) is 39.0 Å². The topological polar surface area (TPSA) is 98.2 Å². The minimum absolute atomic E-state index is 0.0917. The van der Waals surface area contributed by atoms with Gasteiger partial charge in [0.1, 0.15) is 0 Å². The smallest absolute Gasteiger partial charge is 0.222 e. The lowest BCUT2D eigenvalue weighted by molar-refractivity contribution is -0.124. The zero-order chi connectivity index (χ0) is 11.5. The summed E-state index contributed by atoms with van der Waals surface area (Å²) in [6.07, 6.45) is 3.43. The highest BCUT2D eigenvalue weighted by Crippen LogP contribution is 2.31. The maximum absolute atomic E-state index is 11.5. The monoisotopic (exact) mass is 213 g/mol. The third-order valence-electron chi connectivity index (χ3n) is 2.78. The van der Waals surface area contributed by atoms with Crippen LogP contribution in [0.2, 0.25) is 0 Å². The van der Waals surface area contributed by atoms with Crippen LogP contribution in [-0.2, 0) is 9.59 Å².